The lowest BCUT2D eigenvalue weighted by molar-refractivity contribution is -0.139. The summed E-state index contributed by atoms with van der Waals surface area (Å²) in [5.41, 5.74) is 4.43. The first kappa shape index (κ1) is 28.8. The van der Waals surface area contributed by atoms with E-state index in [1.54, 1.807) is 6.92 Å². The van der Waals surface area contributed by atoms with Crippen LogP contribution in [-0.2, 0) is 30.0 Å². The number of nitrogen functional groups attached to an aromatic ring is 1. The summed E-state index contributed by atoms with van der Waals surface area (Å²) in [5, 5.41) is 11.5. The highest BCUT2D eigenvalue weighted by Gasteiger charge is 2.42. The lowest BCUT2D eigenvalue weighted by atomic mass is 9.79. The molecule has 1 aromatic heterocycles. The third-order valence-electron chi connectivity index (χ3n) is 5.48. The molecule has 0 saturated carbocycles. The monoisotopic (exact) mass is 558 g/mol. The second-order valence-electron chi connectivity index (χ2n) is 7.93. The Morgan fingerprint density at radius 3 is 2.58 bits per heavy atom. The number of rotatable bonds is 10. The number of ether oxygens (including phenoxy) is 3. The van der Waals surface area contributed by atoms with Gasteiger partial charge in [-0.25, -0.2) is 14.7 Å². The summed E-state index contributed by atoms with van der Waals surface area (Å²) in [6.45, 7) is 3.30. The van der Waals surface area contributed by atoms with Gasteiger partial charge in [0.1, 0.15) is 0 Å². The van der Waals surface area contributed by atoms with Crippen molar-refractivity contribution in [1.29, 1.82) is 0 Å². The van der Waals surface area contributed by atoms with Crippen LogP contribution >= 0.6 is 11.6 Å². The predicted molar refractivity (Wildman–Crippen MR) is 131 cm³/mol. The number of alkyl halides is 3. The topological polar surface area (TPSA) is 153 Å². The smallest absolute Gasteiger partial charge is 0.417 e. The molecule has 0 radical (unpaired) electrons. The SMILES string of the molecule is CCOC(=O)C1=C(COCCNc2nc(N)n[nH]2)NC(C)=C(C(=O)OC)C1c1cccc(C(F)(F)F)c1Cl. The molecule has 0 aliphatic carbocycles. The number of carbonyl (C=O) groups excluding carboxylic acids is 2. The molecule has 11 nitrogen and oxygen atoms in total. The van der Waals surface area contributed by atoms with Crippen molar-refractivity contribution in [2.45, 2.75) is 25.9 Å². The van der Waals surface area contributed by atoms with Gasteiger partial charge in [-0.3, -0.25) is 0 Å². The second kappa shape index (κ2) is 12.2. The Kier molecular flexibility index (Phi) is 9.22. The van der Waals surface area contributed by atoms with Crippen molar-refractivity contribution in [3.05, 3.63) is 56.9 Å². The number of hydrogen-bond acceptors (Lipinski definition) is 10. The summed E-state index contributed by atoms with van der Waals surface area (Å²) in [5.74, 6) is -2.65. The summed E-state index contributed by atoms with van der Waals surface area (Å²) in [7, 11) is 1.12. The summed E-state index contributed by atoms with van der Waals surface area (Å²) in [6.07, 6.45) is -4.77. The third kappa shape index (κ3) is 6.37. The number of aromatic nitrogens is 3. The summed E-state index contributed by atoms with van der Waals surface area (Å²) in [4.78, 5) is 29.9. The van der Waals surface area contributed by atoms with Crippen LogP contribution in [0.15, 0.2) is 40.7 Å². The Bertz CT molecular complexity index is 1260. The Morgan fingerprint density at radius 1 is 1.24 bits per heavy atom. The van der Waals surface area contributed by atoms with E-state index < -0.39 is 34.6 Å². The fraction of sp³-hybridized carbons (Fsp3) is 0.391. The predicted octanol–water partition coefficient (Wildman–Crippen LogP) is 3.14. The van der Waals surface area contributed by atoms with Gasteiger partial charge in [0.25, 0.3) is 0 Å². The van der Waals surface area contributed by atoms with Gasteiger partial charge in [-0.1, -0.05) is 23.7 Å². The second-order valence-corrected chi connectivity index (χ2v) is 8.31. The highest BCUT2D eigenvalue weighted by atomic mass is 35.5. The van der Waals surface area contributed by atoms with Crippen LogP contribution < -0.4 is 16.4 Å². The lowest BCUT2D eigenvalue weighted by Crippen LogP contribution is -2.35. The van der Waals surface area contributed by atoms with Crippen molar-refractivity contribution >= 4 is 35.4 Å². The van der Waals surface area contributed by atoms with Crippen LogP contribution in [0.25, 0.3) is 0 Å². The van der Waals surface area contributed by atoms with Crippen molar-refractivity contribution in [3.8, 4) is 0 Å². The maximum Gasteiger partial charge on any atom is 0.417 e. The molecular weight excluding hydrogens is 533 g/mol. The molecule has 0 saturated heterocycles. The molecule has 1 atom stereocenters. The maximum absolute atomic E-state index is 13.7. The zero-order valence-electron chi connectivity index (χ0n) is 20.7. The Balaban J connectivity index is 2.02. The summed E-state index contributed by atoms with van der Waals surface area (Å²) in [6, 6.07) is 3.28. The van der Waals surface area contributed by atoms with Crippen molar-refractivity contribution in [2.75, 3.05) is 44.5 Å². The van der Waals surface area contributed by atoms with Gasteiger partial charge in [0, 0.05) is 12.2 Å². The van der Waals surface area contributed by atoms with E-state index in [4.69, 9.17) is 31.5 Å². The Labute approximate surface area is 220 Å². The molecule has 0 spiro atoms. The minimum absolute atomic E-state index is 0.0278. The number of nitrogens with two attached hydrogens (primary N) is 1. The van der Waals surface area contributed by atoms with Gasteiger partial charge in [-0.05, 0) is 25.5 Å². The van der Waals surface area contributed by atoms with Crippen LogP contribution in [0.2, 0.25) is 5.02 Å². The average Bonchev–Trinajstić information content (AvgIpc) is 3.27. The van der Waals surface area contributed by atoms with Crippen molar-refractivity contribution in [1.82, 2.24) is 20.5 Å². The lowest BCUT2D eigenvalue weighted by Gasteiger charge is -2.32. The van der Waals surface area contributed by atoms with Crippen molar-refractivity contribution in [3.63, 3.8) is 0 Å². The highest BCUT2D eigenvalue weighted by Crippen LogP contribution is 2.45. The largest absolute Gasteiger partial charge is 0.466 e. The first-order valence-corrected chi connectivity index (χ1v) is 11.7. The van der Waals surface area contributed by atoms with Gasteiger partial charge in [0.2, 0.25) is 11.9 Å². The molecule has 15 heteroatoms. The van der Waals surface area contributed by atoms with Gasteiger partial charge >= 0.3 is 18.1 Å². The van der Waals surface area contributed by atoms with E-state index in [1.807, 2.05) is 0 Å². The summed E-state index contributed by atoms with van der Waals surface area (Å²) >= 11 is 6.24. The standard InChI is InChI=1S/C23H26ClF3N6O5/c1-4-38-20(35)17-14(10-37-9-8-29-22-31-21(28)32-33-22)30-11(2)15(19(34)36-3)16(17)12-6-5-7-13(18(12)24)23(25,26)27/h5-7,16,30H,4,8-10H2,1-3H3,(H4,28,29,31,32,33). The van der Waals surface area contributed by atoms with E-state index in [2.05, 4.69) is 25.8 Å². The quantitative estimate of drug-likeness (QED) is 0.252. The number of H-pyrrole nitrogens is 1. The summed E-state index contributed by atoms with van der Waals surface area (Å²) < 4.78 is 56.8. The molecule has 1 aliphatic rings. The molecule has 2 heterocycles. The number of halogens is 4. The first-order valence-electron chi connectivity index (χ1n) is 11.3. The first-order chi connectivity index (χ1) is 18.0. The molecule has 1 aliphatic heterocycles. The molecule has 2 aromatic rings. The van der Waals surface area contributed by atoms with Crippen LogP contribution in [0, 0.1) is 0 Å². The minimum Gasteiger partial charge on any atom is -0.466 e. The number of dihydropyridines is 1. The molecule has 0 fully saturated rings. The number of methoxy groups -OCH3 is 1. The van der Waals surface area contributed by atoms with Crippen LogP contribution in [0.1, 0.15) is 30.9 Å². The van der Waals surface area contributed by atoms with Crippen LogP contribution in [0.5, 0.6) is 0 Å². The molecule has 3 rings (SSSR count). The van der Waals surface area contributed by atoms with Gasteiger partial charge in [0.05, 0.1) is 60.3 Å². The maximum atomic E-state index is 13.7. The van der Waals surface area contributed by atoms with Crippen molar-refractivity contribution in [2.24, 2.45) is 0 Å². The number of nitrogens with one attached hydrogen (secondary N) is 3. The van der Waals surface area contributed by atoms with E-state index in [9.17, 15) is 22.8 Å². The van der Waals surface area contributed by atoms with Gasteiger partial charge in [-0.15, -0.1) is 5.10 Å². The number of benzene rings is 1. The van der Waals surface area contributed by atoms with E-state index in [-0.39, 0.29) is 60.4 Å². The van der Waals surface area contributed by atoms with E-state index in [1.165, 1.54) is 13.0 Å². The molecule has 5 N–H and O–H groups in total. The zero-order chi connectivity index (χ0) is 28.0. The van der Waals surface area contributed by atoms with E-state index in [0.717, 1.165) is 19.2 Å². The van der Waals surface area contributed by atoms with Gasteiger partial charge in [-0.2, -0.15) is 18.2 Å². The molecule has 1 aromatic carbocycles. The molecular formula is C23H26ClF3N6O5. The van der Waals surface area contributed by atoms with E-state index >= 15 is 0 Å². The number of hydrogen-bond donors (Lipinski definition) is 4. The highest BCUT2D eigenvalue weighted by molar-refractivity contribution is 6.32. The molecule has 206 valence electrons. The number of carbonyl (C=O) groups is 2. The molecule has 0 bridgehead atoms. The Hall–Kier alpha value is -3.78. The number of allylic oxidation sites excluding steroid dienone is 1. The average molecular weight is 559 g/mol. The minimum atomic E-state index is -4.77. The number of nitrogens with zero attached hydrogens (tertiary/aromatic N) is 2. The van der Waals surface area contributed by atoms with Gasteiger partial charge in [0.15, 0.2) is 0 Å². The van der Waals surface area contributed by atoms with Crippen molar-refractivity contribution < 1.29 is 37.0 Å². The number of anilines is 2. The van der Waals surface area contributed by atoms with Crippen LogP contribution in [0.3, 0.4) is 0 Å². The van der Waals surface area contributed by atoms with Gasteiger partial charge < -0.3 is 30.6 Å². The molecule has 38 heavy (non-hydrogen) atoms. The molecule has 0 amide bonds. The van der Waals surface area contributed by atoms with Crippen LogP contribution in [-0.4, -0.2) is 60.6 Å². The third-order valence-corrected chi connectivity index (χ3v) is 5.90. The molecule has 1 unspecified atom stereocenters. The van der Waals surface area contributed by atoms with E-state index in [0.29, 0.717) is 5.95 Å². The number of esters is 2. The fourth-order valence-electron chi connectivity index (χ4n) is 3.91. The zero-order valence-corrected chi connectivity index (χ0v) is 21.4. The van der Waals surface area contributed by atoms with Crippen LogP contribution in [0.4, 0.5) is 25.1 Å². The normalized spacial score (nSPS) is 15.8. The fourth-order valence-corrected chi connectivity index (χ4v) is 4.26. The number of aromatic amines is 1. The Morgan fingerprint density at radius 2 is 1.97 bits per heavy atom.